The van der Waals surface area contributed by atoms with Crippen molar-refractivity contribution < 1.29 is 14.3 Å². The number of fused-ring (bicyclic) bond motifs is 2. The summed E-state index contributed by atoms with van der Waals surface area (Å²) in [6.45, 7) is 6.05. The fourth-order valence-corrected chi connectivity index (χ4v) is 4.85. The van der Waals surface area contributed by atoms with Crippen LogP contribution in [0.25, 0.3) is 0 Å². The maximum atomic E-state index is 13.0. The van der Waals surface area contributed by atoms with E-state index < -0.39 is 5.41 Å². The van der Waals surface area contributed by atoms with Crippen LogP contribution in [-0.2, 0) is 9.59 Å². The van der Waals surface area contributed by atoms with Crippen LogP contribution in [-0.4, -0.2) is 40.2 Å². The number of hydrogen-bond acceptors (Lipinski definition) is 6. The molecule has 150 valence electrons. The summed E-state index contributed by atoms with van der Waals surface area (Å²) in [6, 6.07) is 7.45. The first-order valence-corrected chi connectivity index (χ1v) is 10.6. The SMILES string of the molecule is COc1ccc(C=NNC(=S)SCN2C(=O)[C@H]3CC[C@](C)(C2=O)C3(C)C)cc1. The van der Waals surface area contributed by atoms with Gasteiger partial charge in [0, 0.05) is 5.92 Å². The summed E-state index contributed by atoms with van der Waals surface area (Å²) < 4.78 is 5.52. The van der Waals surface area contributed by atoms with E-state index in [9.17, 15) is 9.59 Å². The van der Waals surface area contributed by atoms with Gasteiger partial charge in [0.2, 0.25) is 11.8 Å². The standard InChI is InChI=1S/C20H25N3O3S2/c1-19(2)15-9-10-20(19,3)17(25)23(16(15)24)12-28-18(27)22-21-11-13-5-7-14(26-4)8-6-13/h5-8,11,15H,9-10,12H2,1-4H3,(H,22,27)/t15-,20-/m1/s1. The number of hydrazone groups is 1. The summed E-state index contributed by atoms with van der Waals surface area (Å²) in [4.78, 5) is 27.2. The molecule has 1 saturated heterocycles. The number of rotatable bonds is 5. The second-order valence-electron chi connectivity index (χ2n) is 7.92. The zero-order valence-electron chi connectivity index (χ0n) is 16.5. The van der Waals surface area contributed by atoms with Crippen LogP contribution in [0.1, 0.15) is 39.2 Å². The molecule has 6 nitrogen and oxygen atoms in total. The number of ether oxygens (including phenoxy) is 1. The Morgan fingerprint density at radius 3 is 2.68 bits per heavy atom. The number of likely N-dealkylation sites (tertiary alicyclic amines) is 1. The number of nitrogens with zero attached hydrogens (tertiary/aromatic N) is 2. The number of thioether (sulfide) groups is 1. The summed E-state index contributed by atoms with van der Waals surface area (Å²) in [6.07, 6.45) is 3.17. The van der Waals surface area contributed by atoms with Crippen LogP contribution in [0.2, 0.25) is 0 Å². The van der Waals surface area contributed by atoms with E-state index in [2.05, 4.69) is 10.5 Å². The Kier molecular flexibility index (Phi) is 5.82. The molecule has 28 heavy (non-hydrogen) atoms. The molecule has 2 bridgehead atoms. The zero-order chi connectivity index (χ0) is 20.5. The lowest BCUT2D eigenvalue weighted by molar-refractivity contribution is -0.166. The van der Waals surface area contributed by atoms with Crippen molar-refractivity contribution >= 4 is 46.3 Å². The Labute approximate surface area is 175 Å². The number of benzene rings is 1. The van der Waals surface area contributed by atoms with Gasteiger partial charge in [-0.25, -0.2) is 0 Å². The Morgan fingerprint density at radius 1 is 1.36 bits per heavy atom. The molecule has 2 fully saturated rings. The number of carbonyl (C=O) groups is 2. The van der Waals surface area contributed by atoms with Crippen molar-refractivity contribution in [2.75, 3.05) is 13.0 Å². The third-order valence-corrected chi connectivity index (χ3v) is 7.50. The van der Waals surface area contributed by atoms with Gasteiger partial charge in [-0.3, -0.25) is 19.9 Å². The molecule has 0 aromatic heterocycles. The zero-order valence-corrected chi connectivity index (χ0v) is 18.2. The molecular formula is C20H25N3O3S2. The van der Waals surface area contributed by atoms with Crippen molar-refractivity contribution in [2.24, 2.45) is 21.8 Å². The summed E-state index contributed by atoms with van der Waals surface area (Å²) in [5, 5.41) is 4.11. The summed E-state index contributed by atoms with van der Waals surface area (Å²) in [7, 11) is 1.62. The molecule has 0 radical (unpaired) electrons. The summed E-state index contributed by atoms with van der Waals surface area (Å²) >= 11 is 6.50. The Balaban J connectivity index is 1.55. The van der Waals surface area contributed by atoms with Crippen LogP contribution >= 0.6 is 24.0 Å². The molecule has 1 N–H and O–H groups in total. The second-order valence-corrected chi connectivity index (χ2v) is 9.54. The predicted molar refractivity (Wildman–Crippen MR) is 115 cm³/mol. The first-order valence-electron chi connectivity index (χ1n) is 9.16. The predicted octanol–water partition coefficient (Wildman–Crippen LogP) is 3.41. The van der Waals surface area contributed by atoms with Gasteiger partial charge in [-0.2, -0.15) is 5.10 Å². The number of imide groups is 1. The minimum absolute atomic E-state index is 0.0815. The number of amides is 2. The van der Waals surface area contributed by atoms with Gasteiger partial charge in [-0.1, -0.05) is 44.8 Å². The highest BCUT2D eigenvalue weighted by Crippen LogP contribution is 2.60. The second kappa shape index (κ2) is 7.83. The number of nitrogens with one attached hydrogen (secondary N) is 1. The minimum atomic E-state index is -0.492. The number of hydrogen-bond donors (Lipinski definition) is 1. The van der Waals surface area contributed by atoms with Crippen LogP contribution in [0, 0.1) is 16.7 Å². The van der Waals surface area contributed by atoms with Crippen molar-refractivity contribution in [1.29, 1.82) is 0 Å². The fourth-order valence-electron chi connectivity index (χ4n) is 4.03. The highest BCUT2D eigenvalue weighted by molar-refractivity contribution is 8.22. The molecule has 0 spiro atoms. The third kappa shape index (κ3) is 3.55. The quantitative estimate of drug-likeness (QED) is 0.341. The van der Waals surface area contributed by atoms with Gasteiger partial charge in [0.05, 0.1) is 24.6 Å². The minimum Gasteiger partial charge on any atom is -0.497 e. The first kappa shape index (κ1) is 20.8. The van der Waals surface area contributed by atoms with E-state index in [0.29, 0.717) is 4.32 Å². The van der Waals surface area contributed by atoms with E-state index in [0.717, 1.165) is 24.2 Å². The Morgan fingerprint density at radius 2 is 2.04 bits per heavy atom. The van der Waals surface area contributed by atoms with E-state index in [4.69, 9.17) is 17.0 Å². The van der Waals surface area contributed by atoms with Gasteiger partial charge in [-0.15, -0.1) is 0 Å². The van der Waals surface area contributed by atoms with E-state index in [1.165, 1.54) is 16.7 Å². The van der Waals surface area contributed by atoms with Crippen molar-refractivity contribution in [2.45, 2.75) is 33.6 Å². The number of thiocarbonyl (C=S) groups is 1. The average Bonchev–Trinajstić information content (AvgIpc) is 2.86. The lowest BCUT2D eigenvalue weighted by atomic mass is 9.62. The first-order chi connectivity index (χ1) is 13.2. The molecule has 3 rings (SSSR count). The molecule has 0 unspecified atom stereocenters. The van der Waals surface area contributed by atoms with E-state index >= 15 is 0 Å². The van der Waals surface area contributed by atoms with Crippen LogP contribution in [0.4, 0.5) is 0 Å². The monoisotopic (exact) mass is 419 g/mol. The van der Waals surface area contributed by atoms with E-state index in [1.807, 2.05) is 45.0 Å². The van der Waals surface area contributed by atoms with Gasteiger partial charge in [0.25, 0.3) is 0 Å². The fraction of sp³-hybridized carbons (Fsp3) is 0.500. The highest BCUT2D eigenvalue weighted by Gasteiger charge is 2.64. The normalized spacial score (nSPS) is 26.0. The molecule has 1 aromatic rings. The van der Waals surface area contributed by atoms with Gasteiger partial charge >= 0.3 is 0 Å². The Hall–Kier alpha value is -1.93. The molecule has 1 aliphatic carbocycles. The molecule has 1 aliphatic heterocycles. The van der Waals surface area contributed by atoms with Gasteiger partial charge in [0.15, 0.2) is 4.32 Å². The van der Waals surface area contributed by atoms with Crippen LogP contribution in [0.3, 0.4) is 0 Å². The number of piperidine rings is 1. The van der Waals surface area contributed by atoms with Gasteiger partial charge in [0.1, 0.15) is 5.75 Å². The average molecular weight is 420 g/mol. The van der Waals surface area contributed by atoms with Crippen molar-refractivity contribution in [3.63, 3.8) is 0 Å². The number of carbonyl (C=O) groups excluding carboxylic acids is 2. The van der Waals surface area contributed by atoms with Crippen LogP contribution in [0.15, 0.2) is 29.4 Å². The largest absolute Gasteiger partial charge is 0.497 e. The smallest absolute Gasteiger partial charge is 0.236 e. The molecule has 2 atom stereocenters. The molecule has 2 amide bonds. The van der Waals surface area contributed by atoms with Gasteiger partial charge < -0.3 is 4.74 Å². The topological polar surface area (TPSA) is 71.0 Å². The molecular weight excluding hydrogens is 394 g/mol. The maximum absolute atomic E-state index is 13.0. The van der Waals surface area contributed by atoms with Crippen molar-refractivity contribution in [3.8, 4) is 5.75 Å². The summed E-state index contributed by atoms with van der Waals surface area (Å²) in [5.41, 5.74) is 2.88. The van der Waals surface area contributed by atoms with E-state index in [1.54, 1.807) is 13.3 Å². The van der Waals surface area contributed by atoms with Crippen molar-refractivity contribution in [1.82, 2.24) is 10.3 Å². The lowest BCUT2D eigenvalue weighted by Gasteiger charge is -2.47. The van der Waals surface area contributed by atoms with Crippen molar-refractivity contribution in [3.05, 3.63) is 29.8 Å². The molecule has 2 aliphatic rings. The maximum Gasteiger partial charge on any atom is 0.236 e. The van der Waals surface area contributed by atoms with E-state index in [-0.39, 0.29) is 29.0 Å². The Bertz CT molecular complexity index is 822. The summed E-state index contributed by atoms with van der Waals surface area (Å²) in [5.74, 6) is 0.711. The van der Waals surface area contributed by atoms with Crippen LogP contribution < -0.4 is 10.2 Å². The molecule has 8 heteroatoms. The molecule has 1 aromatic carbocycles. The van der Waals surface area contributed by atoms with Crippen LogP contribution in [0.5, 0.6) is 5.75 Å². The lowest BCUT2D eigenvalue weighted by Crippen LogP contribution is -2.58. The molecule has 1 saturated carbocycles. The third-order valence-electron chi connectivity index (χ3n) is 6.32. The molecule has 1 heterocycles. The number of methoxy groups -OCH3 is 1. The highest BCUT2D eigenvalue weighted by atomic mass is 32.2. The van der Waals surface area contributed by atoms with Gasteiger partial charge in [-0.05, 0) is 48.1 Å².